The maximum absolute atomic E-state index is 11.8. The van der Waals surface area contributed by atoms with E-state index < -0.39 is 12.0 Å². The number of aliphatic carboxylic acids is 1. The fourth-order valence-corrected chi connectivity index (χ4v) is 4.33. The standard InChI is InChI=1S/C18H23ClN2O4/c1-12(22)20-6-4-18(5-7-20)9-16(17(24)25)21(11-18)10-13-2-3-14(23)8-15(13)19/h2-3,8,16,23H,4-7,9-11H2,1H3,(H,24,25)/t16-/m0/s1. The summed E-state index contributed by atoms with van der Waals surface area (Å²) in [4.78, 5) is 27.1. The molecule has 7 heteroatoms. The third-order valence-corrected chi connectivity index (χ3v) is 5.92. The normalized spacial score (nSPS) is 23.1. The number of phenols is 1. The number of piperidine rings is 1. The molecule has 136 valence electrons. The minimum Gasteiger partial charge on any atom is -0.508 e. The van der Waals surface area contributed by atoms with Gasteiger partial charge in [-0.3, -0.25) is 14.5 Å². The predicted molar refractivity (Wildman–Crippen MR) is 93.5 cm³/mol. The summed E-state index contributed by atoms with van der Waals surface area (Å²) in [6.45, 7) is 4.08. The Morgan fingerprint density at radius 3 is 2.56 bits per heavy atom. The molecule has 6 nitrogen and oxygen atoms in total. The van der Waals surface area contributed by atoms with Crippen LogP contribution in [0.5, 0.6) is 5.75 Å². The molecular formula is C18H23ClN2O4. The van der Waals surface area contributed by atoms with Crippen molar-refractivity contribution in [2.75, 3.05) is 19.6 Å². The summed E-state index contributed by atoms with van der Waals surface area (Å²) in [7, 11) is 0. The van der Waals surface area contributed by atoms with E-state index in [1.165, 1.54) is 6.07 Å². The average Bonchev–Trinajstić information content (AvgIpc) is 2.89. The molecule has 2 aliphatic heterocycles. The zero-order valence-corrected chi connectivity index (χ0v) is 15.0. The minimum atomic E-state index is -0.819. The van der Waals surface area contributed by atoms with Gasteiger partial charge in [-0.15, -0.1) is 0 Å². The van der Waals surface area contributed by atoms with Crippen molar-refractivity contribution in [2.45, 2.75) is 38.8 Å². The van der Waals surface area contributed by atoms with Gasteiger partial charge < -0.3 is 15.1 Å². The smallest absolute Gasteiger partial charge is 0.320 e. The van der Waals surface area contributed by atoms with Crippen LogP contribution in [-0.2, 0) is 16.1 Å². The van der Waals surface area contributed by atoms with Crippen LogP contribution in [0.15, 0.2) is 18.2 Å². The monoisotopic (exact) mass is 366 g/mol. The maximum atomic E-state index is 11.8. The van der Waals surface area contributed by atoms with Gasteiger partial charge in [-0.05, 0) is 42.4 Å². The molecule has 2 heterocycles. The molecule has 0 radical (unpaired) electrons. The van der Waals surface area contributed by atoms with Crippen LogP contribution in [0.2, 0.25) is 5.02 Å². The number of carbonyl (C=O) groups is 2. The molecule has 1 aromatic carbocycles. The van der Waals surface area contributed by atoms with Crippen molar-refractivity contribution >= 4 is 23.5 Å². The predicted octanol–water partition coefficient (Wildman–Crippen LogP) is 2.33. The quantitative estimate of drug-likeness (QED) is 0.858. The fourth-order valence-electron chi connectivity index (χ4n) is 4.10. The van der Waals surface area contributed by atoms with Gasteiger partial charge in [-0.25, -0.2) is 0 Å². The number of phenolic OH excluding ortho intramolecular Hbond substituents is 1. The van der Waals surface area contributed by atoms with Gasteiger partial charge in [0.05, 0.1) is 0 Å². The van der Waals surface area contributed by atoms with Crippen LogP contribution in [0.1, 0.15) is 31.7 Å². The highest BCUT2D eigenvalue weighted by atomic mass is 35.5. The molecule has 0 bridgehead atoms. The Morgan fingerprint density at radius 2 is 2.00 bits per heavy atom. The summed E-state index contributed by atoms with van der Waals surface area (Å²) in [5.41, 5.74) is 0.752. The van der Waals surface area contributed by atoms with Crippen molar-refractivity contribution in [2.24, 2.45) is 5.41 Å². The van der Waals surface area contributed by atoms with E-state index in [2.05, 4.69) is 0 Å². The molecule has 1 spiro atoms. The number of carboxylic acid groups (broad SMARTS) is 1. The van der Waals surface area contributed by atoms with Gasteiger partial charge in [0.1, 0.15) is 11.8 Å². The van der Waals surface area contributed by atoms with E-state index in [0.717, 1.165) is 18.4 Å². The summed E-state index contributed by atoms with van der Waals surface area (Å²) in [6, 6.07) is 4.23. The second kappa shape index (κ2) is 6.84. The molecule has 0 aliphatic carbocycles. The molecule has 2 N–H and O–H groups in total. The molecule has 25 heavy (non-hydrogen) atoms. The summed E-state index contributed by atoms with van der Waals surface area (Å²) >= 11 is 6.19. The second-order valence-corrected chi connectivity index (χ2v) is 7.65. The largest absolute Gasteiger partial charge is 0.508 e. The first-order chi connectivity index (χ1) is 11.8. The lowest BCUT2D eigenvalue weighted by molar-refractivity contribution is -0.142. The van der Waals surface area contributed by atoms with E-state index >= 15 is 0 Å². The van der Waals surface area contributed by atoms with E-state index in [0.29, 0.717) is 37.6 Å². The molecule has 2 aliphatic rings. The number of nitrogens with zero attached hydrogens (tertiary/aromatic N) is 2. The zero-order chi connectivity index (χ0) is 18.2. The van der Waals surface area contributed by atoms with Crippen LogP contribution < -0.4 is 0 Å². The highest BCUT2D eigenvalue weighted by molar-refractivity contribution is 6.31. The Balaban J connectivity index is 1.75. The molecule has 0 unspecified atom stereocenters. The van der Waals surface area contributed by atoms with Crippen molar-refractivity contribution in [1.82, 2.24) is 9.80 Å². The van der Waals surface area contributed by atoms with Gasteiger partial charge >= 0.3 is 5.97 Å². The molecule has 0 aromatic heterocycles. The van der Waals surface area contributed by atoms with Crippen molar-refractivity contribution < 1.29 is 19.8 Å². The number of benzene rings is 1. The van der Waals surface area contributed by atoms with Crippen LogP contribution in [-0.4, -0.2) is 57.6 Å². The Kier molecular flexibility index (Phi) is 4.93. The van der Waals surface area contributed by atoms with Gasteiger partial charge in [0.15, 0.2) is 0 Å². The van der Waals surface area contributed by atoms with Crippen LogP contribution in [0, 0.1) is 5.41 Å². The molecule has 3 rings (SSSR count). The number of amides is 1. The lowest BCUT2D eigenvalue weighted by Gasteiger charge is -2.39. The van der Waals surface area contributed by atoms with Crippen LogP contribution >= 0.6 is 11.6 Å². The minimum absolute atomic E-state index is 0.0571. The molecular weight excluding hydrogens is 344 g/mol. The molecule has 1 amide bonds. The summed E-state index contributed by atoms with van der Waals surface area (Å²) in [5.74, 6) is -0.644. The van der Waals surface area contributed by atoms with E-state index in [-0.39, 0.29) is 17.1 Å². The second-order valence-electron chi connectivity index (χ2n) is 7.24. The van der Waals surface area contributed by atoms with E-state index in [4.69, 9.17) is 11.6 Å². The van der Waals surface area contributed by atoms with Crippen molar-refractivity contribution in [3.05, 3.63) is 28.8 Å². The maximum Gasteiger partial charge on any atom is 0.320 e. The number of hydrogen-bond donors (Lipinski definition) is 2. The third kappa shape index (κ3) is 3.75. The van der Waals surface area contributed by atoms with Gasteiger partial charge in [0.25, 0.3) is 0 Å². The summed E-state index contributed by atoms with van der Waals surface area (Å²) in [6.07, 6.45) is 2.26. The fraction of sp³-hybridized carbons (Fsp3) is 0.556. The first-order valence-electron chi connectivity index (χ1n) is 8.49. The third-order valence-electron chi connectivity index (χ3n) is 5.57. The Labute approximate surface area is 152 Å². The van der Waals surface area contributed by atoms with Gasteiger partial charge in [0, 0.05) is 38.1 Å². The first kappa shape index (κ1) is 18.0. The summed E-state index contributed by atoms with van der Waals surface area (Å²) in [5, 5.41) is 19.6. The van der Waals surface area contributed by atoms with E-state index in [1.807, 2.05) is 9.80 Å². The topological polar surface area (TPSA) is 81.1 Å². The molecule has 1 atom stereocenters. The van der Waals surface area contributed by atoms with Crippen molar-refractivity contribution in [3.63, 3.8) is 0 Å². The lowest BCUT2D eigenvalue weighted by Crippen LogP contribution is -2.43. The van der Waals surface area contributed by atoms with E-state index in [9.17, 15) is 19.8 Å². The molecule has 1 aromatic rings. The van der Waals surface area contributed by atoms with Gasteiger partial charge in [-0.1, -0.05) is 17.7 Å². The molecule has 0 saturated carbocycles. The SMILES string of the molecule is CC(=O)N1CCC2(CC1)C[C@@H](C(=O)O)N(Cc1ccc(O)cc1Cl)C2. The Morgan fingerprint density at radius 1 is 1.32 bits per heavy atom. The van der Waals surface area contributed by atoms with Gasteiger partial charge in [-0.2, -0.15) is 0 Å². The zero-order valence-electron chi connectivity index (χ0n) is 14.2. The highest BCUT2D eigenvalue weighted by Gasteiger charge is 2.48. The average molecular weight is 367 g/mol. The highest BCUT2D eigenvalue weighted by Crippen LogP contribution is 2.44. The lowest BCUT2D eigenvalue weighted by atomic mass is 9.76. The molecule has 2 fully saturated rings. The Hall–Kier alpha value is -1.79. The summed E-state index contributed by atoms with van der Waals surface area (Å²) < 4.78 is 0. The van der Waals surface area contributed by atoms with Crippen LogP contribution in [0.25, 0.3) is 0 Å². The number of likely N-dealkylation sites (tertiary alicyclic amines) is 2. The number of hydrogen-bond acceptors (Lipinski definition) is 4. The van der Waals surface area contributed by atoms with Crippen LogP contribution in [0.4, 0.5) is 0 Å². The number of halogens is 1. The number of carboxylic acids is 1. The Bertz CT molecular complexity index is 686. The number of aromatic hydroxyl groups is 1. The molecule has 2 saturated heterocycles. The number of rotatable bonds is 3. The van der Waals surface area contributed by atoms with Crippen LogP contribution in [0.3, 0.4) is 0 Å². The van der Waals surface area contributed by atoms with Crippen molar-refractivity contribution in [3.8, 4) is 5.75 Å². The first-order valence-corrected chi connectivity index (χ1v) is 8.87. The number of carbonyl (C=O) groups excluding carboxylic acids is 1. The van der Waals surface area contributed by atoms with Crippen molar-refractivity contribution in [1.29, 1.82) is 0 Å². The van der Waals surface area contributed by atoms with Gasteiger partial charge in [0.2, 0.25) is 5.91 Å². The van der Waals surface area contributed by atoms with E-state index in [1.54, 1.807) is 19.1 Å².